The zero-order valence-electron chi connectivity index (χ0n) is 11.5. The summed E-state index contributed by atoms with van der Waals surface area (Å²) in [4.78, 5) is 14.5. The van der Waals surface area contributed by atoms with Crippen molar-refractivity contribution >= 4 is 27.5 Å². The highest BCUT2D eigenvalue weighted by Gasteiger charge is 2.24. The van der Waals surface area contributed by atoms with Crippen LogP contribution in [-0.2, 0) is 6.42 Å². The highest BCUT2D eigenvalue weighted by Crippen LogP contribution is 2.29. The molecule has 1 aliphatic heterocycles. The summed E-state index contributed by atoms with van der Waals surface area (Å²) >= 11 is 3.14. The second kappa shape index (κ2) is 5.98. The van der Waals surface area contributed by atoms with Gasteiger partial charge in [0.2, 0.25) is 0 Å². The van der Waals surface area contributed by atoms with Gasteiger partial charge in [-0.3, -0.25) is 4.79 Å². The van der Waals surface area contributed by atoms with Crippen molar-refractivity contribution in [2.24, 2.45) is 0 Å². The number of hydrogen-bond donors (Lipinski definition) is 0. The van der Waals surface area contributed by atoms with E-state index in [0.29, 0.717) is 11.0 Å². The van der Waals surface area contributed by atoms with Crippen LogP contribution in [0.15, 0.2) is 46.9 Å². The summed E-state index contributed by atoms with van der Waals surface area (Å²) in [5, 5.41) is 0. The van der Waals surface area contributed by atoms with Crippen molar-refractivity contribution < 1.29 is 9.18 Å². The molecule has 0 radical (unpaired) electrons. The molecule has 2 nitrogen and oxygen atoms in total. The highest BCUT2D eigenvalue weighted by atomic mass is 79.9. The first kappa shape index (κ1) is 14.3. The fraction of sp³-hybridized carbons (Fsp3) is 0.235. The molecule has 21 heavy (non-hydrogen) atoms. The Hall–Kier alpha value is -1.68. The van der Waals surface area contributed by atoms with Crippen LogP contribution >= 0.6 is 15.9 Å². The van der Waals surface area contributed by atoms with Gasteiger partial charge in [-0.25, -0.2) is 4.39 Å². The molecule has 0 spiro atoms. The van der Waals surface area contributed by atoms with E-state index in [4.69, 9.17) is 0 Å². The molecule has 0 saturated carbocycles. The van der Waals surface area contributed by atoms with Crippen LogP contribution in [0.3, 0.4) is 0 Å². The van der Waals surface area contributed by atoms with E-state index in [-0.39, 0.29) is 11.5 Å². The summed E-state index contributed by atoms with van der Waals surface area (Å²) in [7, 11) is 0. The Morgan fingerprint density at radius 2 is 1.90 bits per heavy atom. The molecule has 1 aliphatic rings. The van der Waals surface area contributed by atoms with Gasteiger partial charge in [0.05, 0.1) is 10.0 Å². The largest absolute Gasteiger partial charge is 0.308 e. The number of fused-ring (bicyclic) bond motifs is 1. The Morgan fingerprint density at radius 3 is 2.76 bits per heavy atom. The molecule has 1 heterocycles. The maximum Gasteiger partial charge on any atom is 0.261 e. The van der Waals surface area contributed by atoms with E-state index in [2.05, 4.69) is 15.9 Å². The number of para-hydroxylation sites is 1. The molecule has 108 valence electrons. The number of halogens is 2. The lowest BCUT2D eigenvalue weighted by Crippen LogP contribution is -2.32. The fourth-order valence-corrected chi connectivity index (χ4v) is 3.08. The number of benzene rings is 2. The van der Waals surface area contributed by atoms with Crippen LogP contribution in [0, 0.1) is 5.82 Å². The molecule has 0 N–H and O–H groups in total. The summed E-state index contributed by atoms with van der Waals surface area (Å²) in [6.45, 7) is 0.627. The van der Waals surface area contributed by atoms with E-state index < -0.39 is 5.82 Å². The summed E-state index contributed by atoms with van der Waals surface area (Å²) < 4.78 is 14.5. The quantitative estimate of drug-likeness (QED) is 0.739. The highest BCUT2D eigenvalue weighted by molar-refractivity contribution is 9.10. The minimum absolute atomic E-state index is 0.112. The third kappa shape index (κ3) is 2.72. The van der Waals surface area contributed by atoms with Crippen molar-refractivity contribution in [3.8, 4) is 0 Å². The van der Waals surface area contributed by atoms with Crippen LogP contribution in [-0.4, -0.2) is 12.5 Å². The molecule has 0 unspecified atom stereocenters. The van der Waals surface area contributed by atoms with Crippen molar-refractivity contribution in [3.63, 3.8) is 0 Å². The van der Waals surface area contributed by atoms with Crippen molar-refractivity contribution in [2.45, 2.75) is 19.3 Å². The molecule has 0 atom stereocenters. The molecule has 4 heteroatoms. The predicted octanol–water partition coefficient (Wildman–Crippen LogP) is 4.57. The number of anilines is 1. The molecule has 3 rings (SSSR count). The molecule has 0 saturated heterocycles. The molecule has 1 amide bonds. The van der Waals surface area contributed by atoms with Crippen molar-refractivity contribution in [1.82, 2.24) is 0 Å². The van der Waals surface area contributed by atoms with Crippen LogP contribution in [0.5, 0.6) is 0 Å². The number of rotatable bonds is 1. The fourth-order valence-electron chi connectivity index (χ4n) is 2.72. The van der Waals surface area contributed by atoms with Crippen molar-refractivity contribution in [3.05, 3.63) is 63.9 Å². The number of carbonyl (C=O) groups excluding carboxylic acids is 1. The number of nitrogens with zero attached hydrogens (tertiary/aromatic N) is 1. The van der Waals surface area contributed by atoms with Crippen molar-refractivity contribution in [1.29, 1.82) is 0 Å². The summed E-state index contributed by atoms with van der Waals surface area (Å²) in [5.41, 5.74) is 2.17. The van der Waals surface area contributed by atoms with E-state index in [1.54, 1.807) is 17.0 Å². The molecule has 2 aromatic rings. The number of amides is 1. The zero-order chi connectivity index (χ0) is 14.8. The van der Waals surface area contributed by atoms with Gasteiger partial charge in [0, 0.05) is 12.2 Å². The van der Waals surface area contributed by atoms with Gasteiger partial charge in [-0.15, -0.1) is 0 Å². The van der Waals surface area contributed by atoms with Crippen LogP contribution < -0.4 is 4.90 Å². The molecular formula is C17H15BrFNO. The number of aryl methyl sites for hydroxylation is 1. The molecule has 0 bridgehead atoms. The lowest BCUT2D eigenvalue weighted by Gasteiger charge is -2.23. The van der Waals surface area contributed by atoms with E-state index in [1.165, 1.54) is 6.07 Å². The number of hydrogen-bond acceptors (Lipinski definition) is 1. The lowest BCUT2D eigenvalue weighted by atomic mass is 10.1. The molecular weight excluding hydrogens is 333 g/mol. The van der Waals surface area contributed by atoms with Gasteiger partial charge in [0.15, 0.2) is 0 Å². The predicted molar refractivity (Wildman–Crippen MR) is 85.2 cm³/mol. The van der Waals surface area contributed by atoms with Crippen LogP contribution in [0.4, 0.5) is 10.1 Å². The van der Waals surface area contributed by atoms with Gasteiger partial charge in [0.25, 0.3) is 5.91 Å². The van der Waals surface area contributed by atoms with Gasteiger partial charge in [-0.05, 0) is 59.0 Å². The summed E-state index contributed by atoms with van der Waals surface area (Å²) in [6.07, 6.45) is 2.93. The van der Waals surface area contributed by atoms with Crippen LogP contribution in [0.2, 0.25) is 0 Å². The average molecular weight is 348 g/mol. The topological polar surface area (TPSA) is 20.3 Å². The summed E-state index contributed by atoms with van der Waals surface area (Å²) in [5.74, 6) is -0.771. The zero-order valence-corrected chi connectivity index (χ0v) is 13.1. The van der Waals surface area contributed by atoms with Crippen molar-refractivity contribution in [2.75, 3.05) is 11.4 Å². The first-order chi connectivity index (χ1) is 10.2. The van der Waals surface area contributed by atoms with Gasteiger partial charge >= 0.3 is 0 Å². The third-order valence-electron chi connectivity index (χ3n) is 3.79. The van der Waals surface area contributed by atoms with Crippen LogP contribution in [0.25, 0.3) is 0 Å². The van der Waals surface area contributed by atoms with E-state index >= 15 is 0 Å². The SMILES string of the molecule is O=C(c1cccc(Br)c1F)N1CCCCc2ccccc21. The normalized spacial score (nSPS) is 14.5. The number of carbonyl (C=O) groups is 1. The van der Waals surface area contributed by atoms with E-state index in [9.17, 15) is 9.18 Å². The molecule has 2 aromatic carbocycles. The lowest BCUT2D eigenvalue weighted by molar-refractivity contribution is 0.0983. The standard InChI is InChI=1S/C17H15BrFNO/c18-14-9-5-8-13(16(14)19)17(21)20-11-4-3-7-12-6-1-2-10-15(12)20/h1-2,5-6,8-10H,3-4,7,11H2. The Bertz CT molecular complexity index is 686. The first-order valence-electron chi connectivity index (χ1n) is 7.02. The Labute approximate surface area is 131 Å². The van der Waals surface area contributed by atoms with Gasteiger partial charge in [-0.1, -0.05) is 24.3 Å². The Balaban J connectivity index is 2.03. The minimum Gasteiger partial charge on any atom is -0.308 e. The van der Waals surface area contributed by atoms with Gasteiger partial charge in [0.1, 0.15) is 5.82 Å². The maximum atomic E-state index is 14.2. The minimum atomic E-state index is -0.496. The average Bonchev–Trinajstić information content (AvgIpc) is 2.72. The van der Waals surface area contributed by atoms with Gasteiger partial charge in [-0.2, -0.15) is 0 Å². The molecule has 0 aromatic heterocycles. The monoisotopic (exact) mass is 347 g/mol. The molecule has 0 aliphatic carbocycles. The van der Waals surface area contributed by atoms with E-state index in [0.717, 1.165) is 30.5 Å². The summed E-state index contributed by atoms with van der Waals surface area (Å²) in [6, 6.07) is 12.7. The Morgan fingerprint density at radius 1 is 1.10 bits per heavy atom. The smallest absolute Gasteiger partial charge is 0.261 e. The maximum absolute atomic E-state index is 14.2. The second-order valence-electron chi connectivity index (χ2n) is 5.14. The van der Waals surface area contributed by atoms with Crippen LogP contribution in [0.1, 0.15) is 28.8 Å². The van der Waals surface area contributed by atoms with Gasteiger partial charge < -0.3 is 4.90 Å². The van der Waals surface area contributed by atoms with E-state index in [1.807, 2.05) is 24.3 Å². The Kier molecular flexibility index (Phi) is 4.06. The first-order valence-corrected chi connectivity index (χ1v) is 7.81. The third-order valence-corrected chi connectivity index (χ3v) is 4.40. The molecule has 0 fully saturated rings. The second-order valence-corrected chi connectivity index (χ2v) is 6.00.